The van der Waals surface area contributed by atoms with Gasteiger partial charge in [0.05, 0.1) is 0 Å². The van der Waals surface area contributed by atoms with Gasteiger partial charge in [0.25, 0.3) is 0 Å². The fourth-order valence-corrected chi connectivity index (χ4v) is 2.73. The van der Waals surface area contributed by atoms with Crippen LogP contribution in [0.25, 0.3) is 0 Å². The van der Waals surface area contributed by atoms with Gasteiger partial charge in [-0.3, -0.25) is 0 Å². The average Bonchev–Trinajstić information content (AvgIpc) is 2.47. The molecule has 0 N–H and O–H groups in total. The highest BCUT2D eigenvalue weighted by Gasteiger charge is 2.16. The monoisotopic (exact) mass is 295 g/mol. The van der Waals surface area contributed by atoms with E-state index in [1.807, 2.05) is 24.2 Å². The van der Waals surface area contributed by atoms with Crippen molar-refractivity contribution in [1.29, 1.82) is 0 Å². The largest absolute Gasteiger partial charge is 0.338 e. The highest BCUT2D eigenvalue weighted by Crippen LogP contribution is 2.11. The van der Waals surface area contributed by atoms with Crippen molar-refractivity contribution in [2.45, 2.75) is 6.54 Å². The zero-order chi connectivity index (χ0) is 14.4. The number of piperazine rings is 1. The van der Waals surface area contributed by atoms with Gasteiger partial charge in [0.2, 0.25) is 5.95 Å². The summed E-state index contributed by atoms with van der Waals surface area (Å²) in [6.45, 7) is 6.23. The van der Waals surface area contributed by atoms with Crippen LogP contribution in [0.15, 0.2) is 12.4 Å². The van der Waals surface area contributed by atoms with E-state index in [2.05, 4.69) is 45.0 Å². The topological polar surface area (TPSA) is 35.5 Å². The van der Waals surface area contributed by atoms with Gasteiger partial charge in [-0.1, -0.05) is 0 Å². The third-order valence-corrected chi connectivity index (χ3v) is 4.20. The second-order valence-electron chi connectivity index (χ2n) is 5.41. The van der Waals surface area contributed by atoms with Gasteiger partial charge in [0, 0.05) is 63.0 Å². The first-order chi connectivity index (χ1) is 9.69. The van der Waals surface area contributed by atoms with E-state index in [4.69, 9.17) is 0 Å². The molecule has 1 aromatic heterocycles. The molecule has 6 heteroatoms. The quantitative estimate of drug-likeness (QED) is 0.780. The van der Waals surface area contributed by atoms with Crippen LogP contribution in [0, 0.1) is 0 Å². The first kappa shape index (κ1) is 15.5. The highest BCUT2D eigenvalue weighted by molar-refractivity contribution is 7.98. The van der Waals surface area contributed by atoms with Crippen LogP contribution in [-0.2, 0) is 6.54 Å². The molecule has 2 heterocycles. The van der Waals surface area contributed by atoms with Crippen molar-refractivity contribution in [1.82, 2.24) is 19.8 Å². The van der Waals surface area contributed by atoms with E-state index in [0.717, 1.165) is 51.0 Å². The molecule has 0 aliphatic carbocycles. The molecule has 0 saturated carbocycles. The predicted octanol–water partition coefficient (Wildman–Crippen LogP) is 1.02. The molecular weight excluding hydrogens is 270 g/mol. The molecule has 0 radical (unpaired) electrons. The zero-order valence-electron chi connectivity index (χ0n) is 12.7. The lowest BCUT2D eigenvalue weighted by molar-refractivity contribution is 0.311. The summed E-state index contributed by atoms with van der Waals surface area (Å²) in [7, 11) is 4.30. The van der Waals surface area contributed by atoms with E-state index >= 15 is 0 Å². The Kier molecular flexibility index (Phi) is 6.06. The summed E-state index contributed by atoms with van der Waals surface area (Å²) in [5.41, 5.74) is 1.19. The molecule has 1 aliphatic rings. The van der Waals surface area contributed by atoms with Crippen LogP contribution in [0.3, 0.4) is 0 Å². The van der Waals surface area contributed by atoms with Crippen molar-refractivity contribution < 1.29 is 0 Å². The van der Waals surface area contributed by atoms with Crippen molar-refractivity contribution in [3.05, 3.63) is 18.0 Å². The minimum Gasteiger partial charge on any atom is -0.338 e. The lowest BCUT2D eigenvalue weighted by atomic mass is 10.3. The van der Waals surface area contributed by atoms with Crippen LogP contribution in [0.5, 0.6) is 0 Å². The molecular formula is C14H25N5S. The lowest BCUT2D eigenvalue weighted by Gasteiger charge is -2.32. The molecule has 1 aromatic rings. The Morgan fingerprint density at radius 1 is 1.20 bits per heavy atom. The molecule has 1 aliphatic heterocycles. The van der Waals surface area contributed by atoms with E-state index in [9.17, 15) is 0 Å². The maximum atomic E-state index is 4.53. The molecule has 0 amide bonds. The molecule has 5 nitrogen and oxygen atoms in total. The Morgan fingerprint density at radius 3 is 2.45 bits per heavy atom. The molecule has 112 valence electrons. The van der Waals surface area contributed by atoms with Gasteiger partial charge in [0.1, 0.15) is 0 Å². The first-order valence-corrected chi connectivity index (χ1v) is 8.50. The average molecular weight is 295 g/mol. The lowest BCUT2D eigenvalue weighted by Crippen LogP contribution is -2.45. The van der Waals surface area contributed by atoms with E-state index in [1.165, 1.54) is 5.56 Å². The Morgan fingerprint density at radius 2 is 1.85 bits per heavy atom. The molecule has 0 aromatic carbocycles. The number of hydrogen-bond donors (Lipinski definition) is 0. The van der Waals surface area contributed by atoms with Gasteiger partial charge < -0.3 is 14.7 Å². The van der Waals surface area contributed by atoms with Crippen molar-refractivity contribution in [3.63, 3.8) is 0 Å². The number of hydrogen-bond acceptors (Lipinski definition) is 6. The standard InChI is InChI=1S/C14H25N5S/c1-17-4-6-19(7-5-17)14-15-10-13(11-16-14)12-18(2)8-9-20-3/h10-11H,4-9,12H2,1-3H3. The summed E-state index contributed by atoms with van der Waals surface area (Å²) in [4.78, 5) is 16.0. The third kappa shape index (κ3) is 4.61. The van der Waals surface area contributed by atoms with Crippen LogP contribution >= 0.6 is 11.8 Å². The first-order valence-electron chi connectivity index (χ1n) is 7.11. The third-order valence-electron chi connectivity index (χ3n) is 3.61. The maximum absolute atomic E-state index is 4.53. The Balaban J connectivity index is 1.86. The van der Waals surface area contributed by atoms with E-state index < -0.39 is 0 Å². The van der Waals surface area contributed by atoms with Crippen LogP contribution in [0.1, 0.15) is 5.56 Å². The minimum absolute atomic E-state index is 0.869. The van der Waals surface area contributed by atoms with Gasteiger partial charge in [-0.05, 0) is 20.4 Å². The van der Waals surface area contributed by atoms with E-state index in [-0.39, 0.29) is 0 Å². The highest BCUT2D eigenvalue weighted by atomic mass is 32.2. The van der Waals surface area contributed by atoms with Crippen molar-refractivity contribution in [2.24, 2.45) is 0 Å². The molecule has 1 saturated heterocycles. The van der Waals surface area contributed by atoms with Gasteiger partial charge >= 0.3 is 0 Å². The molecule has 0 atom stereocenters. The summed E-state index contributed by atoms with van der Waals surface area (Å²) in [6.07, 6.45) is 6.08. The smallest absolute Gasteiger partial charge is 0.225 e. The number of thioether (sulfide) groups is 1. The fraction of sp³-hybridized carbons (Fsp3) is 0.714. The van der Waals surface area contributed by atoms with Gasteiger partial charge in [-0.2, -0.15) is 11.8 Å². The second kappa shape index (κ2) is 7.81. The molecule has 1 fully saturated rings. The molecule has 0 spiro atoms. The Hall–Kier alpha value is -0.850. The normalized spacial score (nSPS) is 16.9. The van der Waals surface area contributed by atoms with Crippen molar-refractivity contribution >= 4 is 17.7 Å². The molecule has 2 rings (SSSR count). The summed E-state index contributed by atoms with van der Waals surface area (Å²) < 4.78 is 0. The molecule has 0 unspecified atom stereocenters. The maximum Gasteiger partial charge on any atom is 0.225 e. The number of rotatable bonds is 6. The number of anilines is 1. The number of likely N-dealkylation sites (N-methyl/N-ethyl adjacent to an activating group) is 1. The summed E-state index contributed by atoms with van der Waals surface area (Å²) in [5.74, 6) is 2.03. The number of nitrogens with zero attached hydrogens (tertiary/aromatic N) is 5. The van der Waals surface area contributed by atoms with Crippen molar-refractivity contribution in [3.8, 4) is 0 Å². The van der Waals surface area contributed by atoms with E-state index in [0.29, 0.717) is 0 Å². The van der Waals surface area contributed by atoms with Crippen LogP contribution in [0.4, 0.5) is 5.95 Å². The van der Waals surface area contributed by atoms with Gasteiger partial charge in [0.15, 0.2) is 0 Å². The van der Waals surface area contributed by atoms with Gasteiger partial charge in [-0.25, -0.2) is 9.97 Å². The Labute approximate surface area is 126 Å². The summed E-state index contributed by atoms with van der Waals surface area (Å²) >= 11 is 1.88. The fourth-order valence-electron chi connectivity index (χ4n) is 2.24. The van der Waals surface area contributed by atoms with Crippen LogP contribution < -0.4 is 4.90 Å². The molecule has 0 bridgehead atoms. The molecule has 20 heavy (non-hydrogen) atoms. The van der Waals surface area contributed by atoms with E-state index in [1.54, 1.807) is 0 Å². The predicted molar refractivity (Wildman–Crippen MR) is 86.5 cm³/mol. The van der Waals surface area contributed by atoms with Crippen molar-refractivity contribution in [2.75, 3.05) is 63.7 Å². The Bertz CT molecular complexity index is 389. The summed E-state index contributed by atoms with van der Waals surface area (Å²) in [5, 5.41) is 0. The van der Waals surface area contributed by atoms with Crippen LogP contribution in [0.2, 0.25) is 0 Å². The second-order valence-corrected chi connectivity index (χ2v) is 6.40. The number of aromatic nitrogens is 2. The van der Waals surface area contributed by atoms with Gasteiger partial charge in [-0.15, -0.1) is 0 Å². The zero-order valence-corrected chi connectivity index (χ0v) is 13.6. The minimum atomic E-state index is 0.869. The SMILES string of the molecule is CSCCN(C)Cc1cnc(N2CCN(C)CC2)nc1. The summed E-state index contributed by atoms with van der Waals surface area (Å²) in [6, 6.07) is 0. The van der Waals surface area contributed by atoms with Crippen LogP contribution in [-0.4, -0.2) is 78.6 Å².